The highest BCUT2D eigenvalue weighted by molar-refractivity contribution is 5.98. The second-order valence-corrected chi connectivity index (χ2v) is 7.97. The summed E-state index contributed by atoms with van der Waals surface area (Å²) in [5, 5.41) is 12.8. The van der Waals surface area contributed by atoms with Gasteiger partial charge in [0.05, 0.1) is 43.0 Å². The lowest BCUT2D eigenvalue weighted by Gasteiger charge is -2.36. The molecule has 0 aliphatic carbocycles. The molecule has 1 atom stereocenters. The van der Waals surface area contributed by atoms with E-state index >= 15 is 0 Å². The van der Waals surface area contributed by atoms with Gasteiger partial charge in [0.25, 0.3) is 5.91 Å². The van der Waals surface area contributed by atoms with Crippen LogP contribution in [0.3, 0.4) is 0 Å². The molecule has 8 nitrogen and oxygen atoms in total. The monoisotopic (exact) mass is 446 g/mol. The molecule has 3 heterocycles. The molecule has 5 rings (SSSR count). The molecule has 1 unspecified atom stereocenters. The maximum absolute atomic E-state index is 13.6. The van der Waals surface area contributed by atoms with E-state index in [1.54, 1.807) is 40.3 Å². The van der Waals surface area contributed by atoms with Crippen molar-refractivity contribution in [2.24, 2.45) is 0 Å². The maximum Gasteiger partial charge on any atom is 0.258 e. The highest BCUT2D eigenvalue weighted by atomic mass is 19.1. The summed E-state index contributed by atoms with van der Waals surface area (Å²) in [7, 11) is 0. The molecule has 2 aromatic heterocycles. The molecule has 1 fully saturated rings. The molecule has 33 heavy (non-hydrogen) atoms. The van der Waals surface area contributed by atoms with Gasteiger partial charge in [-0.3, -0.25) is 9.48 Å². The summed E-state index contributed by atoms with van der Waals surface area (Å²) in [4.78, 5) is 16.8. The van der Waals surface area contributed by atoms with Crippen LogP contribution in [-0.4, -0.2) is 55.0 Å². The van der Waals surface area contributed by atoms with E-state index in [0.29, 0.717) is 30.9 Å². The third kappa shape index (κ3) is 4.40. The number of benzene rings is 2. The fourth-order valence-electron chi connectivity index (χ4n) is 3.98. The summed E-state index contributed by atoms with van der Waals surface area (Å²) in [6.45, 7) is 3.48. The molecule has 0 N–H and O–H groups in total. The van der Waals surface area contributed by atoms with Crippen LogP contribution in [-0.2, 0) is 11.3 Å². The van der Waals surface area contributed by atoms with Crippen molar-refractivity contribution >= 4 is 5.91 Å². The zero-order valence-corrected chi connectivity index (χ0v) is 18.1. The molecule has 1 saturated heterocycles. The largest absolute Gasteiger partial charge is 0.356 e. The van der Waals surface area contributed by atoms with Crippen LogP contribution >= 0.6 is 0 Å². The highest BCUT2D eigenvalue weighted by Gasteiger charge is 2.30. The first-order chi connectivity index (χ1) is 16.1. The van der Waals surface area contributed by atoms with Gasteiger partial charge in [-0.15, -0.1) is 0 Å². The van der Waals surface area contributed by atoms with Gasteiger partial charge < -0.3 is 9.64 Å². The van der Waals surface area contributed by atoms with Crippen molar-refractivity contribution in [1.29, 1.82) is 0 Å². The van der Waals surface area contributed by atoms with Crippen LogP contribution in [0.15, 0.2) is 67.3 Å². The highest BCUT2D eigenvalue weighted by Crippen LogP contribution is 2.23. The van der Waals surface area contributed by atoms with Crippen LogP contribution < -0.4 is 0 Å². The number of carbonyl (C=O) groups excluding carboxylic acids is 1. The zero-order chi connectivity index (χ0) is 22.8. The molecule has 1 aliphatic rings. The van der Waals surface area contributed by atoms with Gasteiger partial charge in [-0.05, 0) is 43.2 Å². The molecule has 0 bridgehead atoms. The molecule has 4 aromatic rings. The number of nitrogens with zero attached hydrogens (tertiary/aromatic N) is 6. The van der Waals surface area contributed by atoms with Crippen molar-refractivity contribution < 1.29 is 13.9 Å². The Morgan fingerprint density at radius 2 is 1.88 bits per heavy atom. The Morgan fingerprint density at radius 3 is 2.67 bits per heavy atom. The van der Waals surface area contributed by atoms with Crippen molar-refractivity contribution in [2.45, 2.75) is 26.1 Å². The number of hydrogen-bond donors (Lipinski definition) is 0. The Kier molecular flexibility index (Phi) is 5.70. The number of carbonyl (C=O) groups is 1. The van der Waals surface area contributed by atoms with E-state index < -0.39 is 6.23 Å². The van der Waals surface area contributed by atoms with E-state index in [1.807, 2.05) is 31.3 Å². The molecule has 9 heteroatoms. The van der Waals surface area contributed by atoms with Crippen molar-refractivity contribution in [2.75, 3.05) is 13.2 Å². The Balaban J connectivity index is 1.39. The van der Waals surface area contributed by atoms with E-state index in [9.17, 15) is 9.18 Å². The Labute approximate surface area is 190 Å². The third-order valence-corrected chi connectivity index (χ3v) is 5.63. The summed E-state index contributed by atoms with van der Waals surface area (Å²) in [5.74, 6) is -0.418. The minimum Gasteiger partial charge on any atom is -0.356 e. The van der Waals surface area contributed by atoms with Gasteiger partial charge in [0.15, 0.2) is 6.23 Å². The second kappa shape index (κ2) is 8.95. The zero-order valence-electron chi connectivity index (χ0n) is 18.1. The minimum absolute atomic E-state index is 0.137. The Morgan fingerprint density at radius 1 is 1.09 bits per heavy atom. The number of ether oxygens (including phenoxy) is 1. The Hall–Kier alpha value is -3.85. The van der Waals surface area contributed by atoms with E-state index in [-0.39, 0.29) is 11.7 Å². The lowest BCUT2D eigenvalue weighted by Crippen LogP contribution is -2.48. The van der Waals surface area contributed by atoms with Crippen LogP contribution in [0.1, 0.15) is 22.3 Å². The van der Waals surface area contributed by atoms with Crippen LogP contribution in [0.4, 0.5) is 4.39 Å². The summed E-state index contributed by atoms with van der Waals surface area (Å²) in [5.41, 5.74) is 3.86. The topological polar surface area (TPSA) is 78.1 Å². The summed E-state index contributed by atoms with van der Waals surface area (Å²) < 4.78 is 21.0. The normalized spacial score (nSPS) is 16.2. The average molecular weight is 446 g/mol. The summed E-state index contributed by atoms with van der Waals surface area (Å²) in [6, 6.07) is 11.9. The minimum atomic E-state index is -0.467. The molecule has 1 aliphatic heterocycles. The van der Waals surface area contributed by atoms with Gasteiger partial charge in [0.1, 0.15) is 5.82 Å². The second-order valence-electron chi connectivity index (χ2n) is 7.97. The van der Waals surface area contributed by atoms with Crippen LogP contribution in [0.2, 0.25) is 0 Å². The summed E-state index contributed by atoms with van der Waals surface area (Å²) >= 11 is 0. The first kappa shape index (κ1) is 21.0. The van der Waals surface area contributed by atoms with Crippen molar-refractivity contribution in [3.05, 3.63) is 84.2 Å². The number of aryl methyl sites for hydroxylation is 1. The maximum atomic E-state index is 13.6. The van der Waals surface area contributed by atoms with Crippen LogP contribution in [0.25, 0.3) is 16.8 Å². The van der Waals surface area contributed by atoms with Gasteiger partial charge in [0, 0.05) is 18.3 Å². The lowest BCUT2D eigenvalue weighted by molar-refractivity contribution is -0.0861. The van der Waals surface area contributed by atoms with Crippen molar-refractivity contribution in [1.82, 2.24) is 29.7 Å². The predicted octanol–water partition coefficient (Wildman–Crippen LogP) is 3.47. The first-order valence-electron chi connectivity index (χ1n) is 10.8. The van der Waals surface area contributed by atoms with Gasteiger partial charge >= 0.3 is 0 Å². The Bertz CT molecular complexity index is 1250. The molecule has 0 spiro atoms. The number of aromatic nitrogens is 5. The van der Waals surface area contributed by atoms with Gasteiger partial charge in [-0.2, -0.15) is 20.1 Å². The third-order valence-electron chi connectivity index (χ3n) is 5.63. The quantitative estimate of drug-likeness (QED) is 0.469. The number of amides is 1. The van der Waals surface area contributed by atoms with Gasteiger partial charge in [-0.1, -0.05) is 23.8 Å². The average Bonchev–Trinajstić information content (AvgIpc) is 3.52. The van der Waals surface area contributed by atoms with E-state index in [0.717, 1.165) is 23.1 Å². The van der Waals surface area contributed by atoms with Gasteiger partial charge in [0.2, 0.25) is 0 Å². The lowest BCUT2D eigenvalue weighted by atomic mass is 10.1. The fraction of sp³-hybridized carbons (Fsp3) is 0.250. The van der Waals surface area contributed by atoms with E-state index in [1.165, 1.54) is 16.9 Å². The number of rotatable bonds is 5. The molecular weight excluding hydrogens is 423 g/mol. The van der Waals surface area contributed by atoms with E-state index in [2.05, 4.69) is 15.3 Å². The SMILES string of the molecule is Cc1ccc(-n2nccn2)c(C(=O)N2CCCOC2Cn2cc(-c3ccc(F)cc3)cn2)c1. The fourth-order valence-corrected chi connectivity index (χ4v) is 3.98. The molecule has 168 valence electrons. The number of halogens is 1. The number of hydrogen-bond acceptors (Lipinski definition) is 5. The predicted molar refractivity (Wildman–Crippen MR) is 119 cm³/mol. The molecule has 1 amide bonds. The van der Waals surface area contributed by atoms with Crippen molar-refractivity contribution in [3.63, 3.8) is 0 Å². The first-order valence-corrected chi connectivity index (χ1v) is 10.8. The standard InChI is InChI=1S/C24H23FN6O2/c1-17-3-8-22(31-26-9-10-27-31)21(13-17)24(32)30-11-2-12-33-23(30)16-29-15-19(14-28-29)18-4-6-20(25)7-5-18/h3-10,13-15,23H,2,11-12,16H2,1H3. The van der Waals surface area contributed by atoms with E-state index in [4.69, 9.17) is 4.74 Å². The molecule has 0 saturated carbocycles. The van der Waals surface area contributed by atoms with Crippen molar-refractivity contribution in [3.8, 4) is 16.8 Å². The molecule has 0 radical (unpaired) electrons. The van der Waals surface area contributed by atoms with Gasteiger partial charge in [-0.25, -0.2) is 4.39 Å². The smallest absolute Gasteiger partial charge is 0.258 e. The molecular formula is C24H23FN6O2. The van der Waals surface area contributed by atoms with Crippen LogP contribution in [0.5, 0.6) is 0 Å². The summed E-state index contributed by atoms with van der Waals surface area (Å²) in [6.07, 6.45) is 7.05. The molecule has 2 aromatic carbocycles. The van der Waals surface area contributed by atoms with Crippen LogP contribution in [0, 0.1) is 12.7 Å².